The number of aliphatic hydroxyl groups is 1. The lowest BCUT2D eigenvalue weighted by molar-refractivity contribution is -0.160. The maximum atomic E-state index is 14.4. The van der Waals surface area contributed by atoms with E-state index in [1.54, 1.807) is 12.2 Å². The Morgan fingerprint density at radius 2 is 1.89 bits per heavy atom. The number of nitrogens with zero attached hydrogens (tertiary/aromatic N) is 2. The van der Waals surface area contributed by atoms with Crippen molar-refractivity contribution in [2.75, 3.05) is 26.2 Å². The Kier molecular flexibility index (Phi) is 10.2. The molecule has 4 aliphatic rings. The number of allylic oxidation sites excluding steroid dienone is 1. The predicted octanol–water partition coefficient (Wildman–Crippen LogP) is 3.07. The van der Waals surface area contributed by atoms with E-state index in [2.05, 4.69) is 18.5 Å². The monoisotopic (exact) mass is 607 g/mol. The quantitative estimate of drug-likeness (QED) is 0.246. The highest BCUT2D eigenvalue weighted by Crippen LogP contribution is 2.59. The Hall–Kier alpha value is -3.50. The molecule has 0 aromatic heterocycles. The number of carbonyl (C=O) groups is 4. The first-order valence-electron chi connectivity index (χ1n) is 16.0. The fourth-order valence-corrected chi connectivity index (χ4v) is 7.80. The highest BCUT2D eigenvalue weighted by Gasteiger charge is 2.75. The topological polar surface area (TPSA) is 125 Å². The molecule has 1 spiro atoms. The summed E-state index contributed by atoms with van der Waals surface area (Å²) in [6.07, 6.45) is 8.80. The van der Waals surface area contributed by atoms with E-state index in [0.717, 1.165) is 32.1 Å². The Morgan fingerprint density at radius 1 is 1.14 bits per heavy atom. The molecule has 238 valence electrons. The molecule has 1 aliphatic carbocycles. The standard InChI is InChI=1S/C34H45N3O7/c1-3-5-16-27(39)35-22-26(23-12-8-6-9-13-23)43-33(42)28-25-17-18-34(44-25)29(28)31(40)37(20-21-38)30(34)32(41)36(19-4-2)24-14-10-7-11-15-24/h3-4,6,8-9,12-13,24-26,28-30,38H,1-2,5,7,10-11,14-22H2,(H,35,39)/t25-,26+,28+,29+,30-,34+/m1/s1. The van der Waals surface area contributed by atoms with Crippen molar-refractivity contribution in [1.82, 2.24) is 15.1 Å². The smallest absolute Gasteiger partial charge is 0.313 e. The molecule has 6 atom stereocenters. The number of likely N-dealkylation sites (tertiary alicyclic amines) is 1. The molecule has 1 aromatic carbocycles. The van der Waals surface area contributed by atoms with Gasteiger partial charge in [0.25, 0.3) is 0 Å². The van der Waals surface area contributed by atoms with Crippen LogP contribution in [0, 0.1) is 11.8 Å². The van der Waals surface area contributed by atoms with Crippen LogP contribution in [0.2, 0.25) is 0 Å². The van der Waals surface area contributed by atoms with Crippen LogP contribution >= 0.6 is 0 Å². The fraction of sp³-hybridized carbons (Fsp3) is 0.588. The molecule has 0 radical (unpaired) electrons. The number of amides is 3. The second-order valence-electron chi connectivity index (χ2n) is 12.3. The molecule has 4 fully saturated rings. The molecule has 0 unspecified atom stereocenters. The lowest BCUT2D eigenvalue weighted by Crippen LogP contribution is -2.58. The third-order valence-electron chi connectivity index (χ3n) is 9.76. The lowest BCUT2D eigenvalue weighted by Gasteiger charge is -2.40. The van der Waals surface area contributed by atoms with Gasteiger partial charge in [0.2, 0.25) is 17.7 Å². The van der Waals surface area contributed by atoms with Crippen LogP contribution in [0.1, 0.15) is 69.5 Å². The number of ether oxygens (including phenoxy) is 2. The molecular weight excluding hydrogens is 562 g/mol. The second-order valence-corrected chi connectivity index (χ2v) is 12.3. The van der Waals surface area contributed by atoms with E-state index in [1.807, 2.05) is 35.2 Å². The van der Waals surface area contributed by atoms with Crippen LogP contribution in [0.5, 0.6) is 0 Å². The van der Waals surface area contributed by atoms with Gasteiger partial charge in [-0.1, -0.05) is 61.7 Å². The lowest BCUT2D eigenvalue weighted by atomic mass is 9.70. The molecule has 44 heavy (non-hydrogen) atoms. The summed E-state index contributed by atoms with van der Waals surface area (Å²) in [5.41, 5.74) is -0.462. The van der Waals surface area contributed by atoms with Gasteiger partial charge in [-0.2, -0.15) is 0 Å². The third-order valence-corrected chi connectivity index (χ3v) is 9.76. The highest BCUT2D eigenvalue weighted by atomic mass is 16.6. The van der Waals surface area contributed by atoms with Crippen molar-refractivity contribution in [3.63, 3.8) is 0 Å². The number of benzene rings is 1. The normalized spacial score (nSPS) is 28.3. The molecule has 3 aliphatic heterocycles. The third kappa shape index (κ3) is 6.06. The fourth-order valence-electron chi connectivity index (χ4n) is 7.80. The summed E-state index contributed by atoms with van der Waals surface area (Å²) >= 11 is 0. The van der Waals surface area contributed by atoms with Crippen molar-refractivity contribution < 1.29 is 33.8 Å². The van der Waals surface area contributed by atoms with Gasteiger partial charge >= 0.3 is 5.97 Å². The first-order chi connectivity index (χ1) is 21.4. The zero-order chi connectivity index (χ0) is 31.3. The van der Waals surface area contributed by atoms with E-state index in [1.165, 1.54) is 4.90 Å². The molecular formula is C34H45N3O7. The molecule has 5 rings (SSSR count). The minimum absolute atomic E-state index is 0.0285. The number of fused-ring (bicyclic) bond motifs is 1. The molecule has 10 nitrogen and oxygen atoms in total. The molecule has 2 N–H and O–H groups in total. The van der Waals surface area contributed by atoms with Crippen LogP contribution in [-0.2, 0) is 28.7 Å². The van der Waals surface area contributed by atoms with Crippen LogP contribution in [0.15, 0.2) is 55.6 Å². The Morgan fingerprint density at radius 3 is 2.57 bits per heavy atom. The van der Waals surface area contributed by atoms with Crippen LogP contribution in [0.25, 0.3) is 0 Å². The van der Waals surface area contributed by atoms with Gasteiger partial charge in [0.15, 0.2) is 0 Å². The first kappa shape index (κ1) is 31.9. The first-order valence-corrected chi connectivity index (χ1v) is 16.0. The Labute approximate surface area is 259 Å². The van der Waals surface area contributed by atoms with E-state index in [0.29, 0.717) is 31.4 Å². The molecule has 3 heterocycles. The van der Waals surface area contributed by atoms with E-state index in [-0.39, 0.29) is 49.9 Å². The van der Waals surface area contributed by atoms with Gasteiger partial charge in [0.1, 0.15) is 17.7 Å². The van der Waals surface area contributed by atoms with Crippen LogP contribution in [0.3, 0.4) is 0 Å². The zero-order valence-electron chi connectivity index (χ0n) is 25.4. The molecule has 10 heteroatoms. The van der Waals surface area contributed by atoms with Crippen molar-refractivity contribution in [2.24, 2.45) is 11.8 Å². The summed E-state index contributed by atoms with van der Waals surface area (Å²) in [5.74, 6) is -3.14. The summed E-state index contributed by atoms with van der Waals surface area (Å²) in [7, 11) is 0. The average Bonchev–Trinajstić information content (AvgIpc) is 3.69. The van der Waals surface area contributed by atoms with E-state index in [9.17, 15) is 24.3 Å². The number of β-amino-alcohol motifs (C(OH)–C–C–N with tert-alkyl or cyclic N) is 1. The van der Waals surface area contributed by atoms with Crippen molar-refractivity contribution in [1.29, 1.82) is 0 Å². The van der Waals surface area contributed by atoms with Gasteiger partial charge in [-0.05, 0) is 37.7 Å². The summed E-state index contributed by atoms with van der Waals surface area (Å²) < 4.78 is 12.6. The number of rotatable bonds is 14. The van der Waals surface area contributed by atoms with Gasteiger partial charge in [0.05, 0.1) is 31.1 Å². The number of nitrogens with one attached hydrogen (secondary N) is 1. The van der Waals surface area contributed by atoms with E-state index >= 15 is 0 Å². The van der Waals surface area contributed by atoms with Gasteiger partial charge in [-0.15, -0.1) is 13.2 Å². The average molecular weight is 608 g/mol. The maximum Gasteiger partial charge on any atom is 0.313 e. The van der Waals surface area contributed by atoms with Crippen LogP contribution < -0.4 is 5.32 Å². The van der Waals surface area contributed by atoms with Crippen molar-refractivity contribution in [3.05, 3.63) is 61.2 Å². The zero-order valence-corrected chi connectivity index (χ0v) is 25.4. The molecule has 3 saturated heterocycles. The highest BCUT2D eigenvalue weighted by molar-refractivity contribution is 5.98. The summed E-state index contributed by atoms with van der Waals surface area (Å²) in [5, 5.41) is 12.8. The number of esters is 1. The SMILES string of the molecule is C=CCCC(=O)NC[C@H](OC(=O)[C@@H]1[C@H]2C(=O)N(CCO)[C@H](C(=O)N(CC=C)C3CCCCC3)[C@]23CC[C@H]1O3)c1ccccc1. The van der Waals surface area contributed by atoms with Crippen LogP contribution in [0.4, 0.5) is 0 Å². The van der Waals surface area contributed by atoms with Crippen LogP contribution in [-0.4, -0.2) is 88.6 Å². The predicted molar refractivity (Wildman–Crippen MR) is 163 cm³/mol. The van der Waals surface area contributed by atoms with E-state index < -0.39 is 41.7 Å². The molecule has 2 bridgehead atoms. The largest absolute Gasteiger partial charge is 0.455 e. The summed E-state index contributed by atoms with van der Waals surface area (Å²) in [6, 6.07) is 8.27. The molecule has 1 saturated carbocycles. The summed E-state index contributed by atoms with van der Waals surface area (Å²) in [4.78, 5) is 58.1. The Bertz CT molecular complexity index is 1230. The van der Waals surface area contributed by atoms with Crippen molar-refractivity contribution >= 4 is 23.7 Å². The van der Waals surface area contributed by atoms with Gasteiger partial charge in [-0.25, -0.2) is 0 Å². The van der Waals surface area contributed by atoms with E-state index in [4.69, 9.17) is 9.47 Å². The van der Waals surface area contributed by atoms with Gasteiger partial charge in [0, 0.05) is 25.6 Å². The number of hydrogen-bond acceptors (Lipinski definition) is 7. The number of hydrogen-bond donors (Lipinski definition) is 2. The molecule has 1 aromatic rings. The summed E-state index contributed by atoms with van der Waals surface area (Å²) in [6.45, 7) is 7.61. The van der Waals surface area contributed by atoms with Crippen molar-refractivity contribution in [2.45, 2.75) is 87.7 Å². The number of aliphatic hydroxyl groups excluding tert-OH is 1. The minimum Gasteiger partial charge on any atom is -0.455 e. The minimum atomic E-state index is -1.17. The van der Waals surface area contributed by atoms with Gasteiger partial charge in [-0.3, -0.25) is 19.2 Å². The Balaban J connectivity index is 1.40. The maximum absolute atomic E-state index is 14.4. The van der Waals surface area contributed by atoms with Crippen molar-refractivity contribution in [3.8, 4) is 0 Å². The number of carbonyl (C=O) groups excluding carboxylic acids is 4. The molecule has 3 amide bonds. The second kappa shape index (κ2) is 14.1. The van der Waals surface area contributed by atoms with Gasteiger partial charge < -0.3 is 29.7 Å².